The van der Waals surface area contributed by atoms with Crippen LogP contribution in [0, 0.1) is 11.7 Å². The third-order valence-electron chi connectivity index (χ3n) is 4.30. The third-order valence-corrected chi connectivity index (χ3v) is 4.30. The van der Waals surface area contributed by atoms with E-state index < -0.39 is 0 Å². The number of imidazole rings is 1. The van der Waals surface area contributed by atoms with E-state index in [-0.39, 0.29) is 11.7 Å². The molecule has 1 saturated carbocycles. The molecule has 0 aliphatic heterocycles. The fourth-order valence-corrected chi connectivity index (χ4v) is 2.75. The number of aromatic nitrogens is 2. The molecular weight excluding hydrogens is 319 g/mol. The first kappa shape index (κ1) is 15.8. The molecule has 0 radical (unpaired) electrons. The smallest absolute Gasteiger partial charge is 0.238 e. The zero-order chi connectivity index (χ0) is 17.2. The van der Waals surface area contributed by atoms with E-state index in [1.165, 1.54) is 25.0 Å². The lowest BCUT2D eigenvalue weighted by Crippen LogP contribution is -2.29. The molecule has 1 aliphatic carbocycles. The van der Waals surface area contributed by atoms with Gasteiger partial charge in [0, 0.05) is 11.3 Å². The molecule has 0 atom stereocenters. The second-order valence-electron chi connectivity index (χ2n) is 6.45. The molecule has 5 nitrogen and oxygen atoms in total. The lowest BCUT2D eigenvalue weighted by molar-refractivity contribution is -0.115. The highest BCUT2D eigenvalue weighted by atomic mass is 19.1. The number of amides is 1. The number of aromatic amines is 1. The fourth-order valence-electron chi connectivity index (χ4n) is 2.75. The molecule has 3 aromatic rings. The summed E-state index contributed by atoms with van der Waals surface area (Å²) in [6.07, 6.45) is 2.53. The molecule has 1 heterocycles. The van der Waals surface area contributed by atoms with Crippen LogP contribution >= 0.6 is 0 Å². The maximum absolute atomic E-state index is 13.0. The average molecular weight is 338 g/mol. The van der Waals surface area contributed by atoms with Gasteiger partial charge in [-0.15, -0.1) is 0 Å². The molecule has 128 valence electrons. The topological polar surface area (TPSA) is 69.8 Å². The Morgan fingerprint density at radius 3 is 2.76 bits per heavy atom. The number of carbonyl (C=O) groups is 1. The number of halogens is 1. The summed E-state index contributed by atoms with van der Waals surface area (Å²) in [5.41, 5.74) is 3.15. The van der Waals surface area contributed by atoms with Gasteiger partial charge in [-0.25, -0.2) is 9.37 Å². The van der Waals surface area contributed by atoms with E-state index >= 15 is 0 Å². The standard InChI is InChI=1S/C19H19FN4O/c20-14-5-3-13(4-6-14)19-23-16-8-7-15(9-17(16)24-19)22-18(25)11-21-10-12-1-2-12/h3-9,12,21H,1-2,10-11H2,(H,22,25)(H,23,24). The lowest BCUT2D eigenvalue weighted by atomic mass is 10.2. The van der Waals surface area contributed by atoms with Gasteiger partial charge in [0.25, 0.3) is 0 Å². The van der Waals surface area contributed by atoms with E-state index in [2.05, 4.69) is 20.6 Å². The van der Waals surface area contributed by atoms with Gasteiger partial charge in [-0.1, -0.05) is 0 Å². The Balaban J connectivity index is 1.45. The molecule has 1 aliphatic rings. The predicted molar refractivity (Wildman–Crippen MR) is 95.7 cm³/mol. The van der Waals surface area contributed by atoms with Gasteiger partial charge in [0.1, 0.15) is 11.6 Å². The van der Waals surface area contributed by atoms with Crippen LogP contribution in [-0.4, -0.2) is 29.0 Å². The normalized spacial score (nSPS) is 14.0. The van der Waals surface area contributed by atoms with Crippen LogP contribution in [0.3, 0.4) is 0 Å². The highest BCUT2D eigenvalue weighted by Crippen LogP contribution is 2.27. The van der Waals surface area contributed by atoms with Crippen LogP contribution in [0.15, 0.2) is 42.5 Å². The molecule has 0 saturated heterocycles. The van der Waals surface area contributed by atoms with Crippen LogP contribution in [0.1, 0.15) is 12.8 Å². The number of hydrogen-bond acceptors (Lipinski definition) is 3. The Morgan fingerprint density at radius 1 is 1.20 bits per heavy atom. The van der Waals surface area contributed by atoms with Gasteiger partial charge in [-0.3, -0.25) is 4.79 Å². The molecule has 0 bridgehead atoms. The summed E-state index contributed by atoms with van der Waals surface area (Å²) in [6, 6.07) is 11.7. The van der Waals surface area contributed by atoms with Gasteiger partial charge in [-0.05, 0) is 67.8 Å². The number of nitrogens with one attached hydrogen (secondary N) is 3. The highest BCUT2D eigenvalue weighted by Gasteiger charge is 2.20. The largest absolute Gasteiger partial charge is 0.338 e. The van der Waals surface area contributed by atoms with Crippen molar-refractivity contribution in [1.82, 2.24) is 15.3 Å². The van der Waals surface area contributed by atoms with E-state index in [9.17, 15) is 9.18 Å². The molecule has 4 rings (SSSR count). The van der Waals surface area contributed by atoms with Crippen LogP contribution in [0.5, 0.6) is 0 Å². The third kappa shape index (κ3) is 3.85. The lowest BCUT2D eigenvalue weighted by Gasteiger charge is -2.06. The van der Waals surface area contributed by atoms with Crippen molar-refractivity contribution in [3.8, 4) is 11.4 Å². The quantitative estimate of drug-likeness (QED) is 0.646. The molecule has 0 unspecified atom stereocenters. The number of rotatable bonds is 6. The SMILES string of the molecule is O=C(CNCC1CC1)Nc1ccc2nc(-c3ccc(F)cc3)[nH]c2c1. The zero-order valence-corrected chi connectivity index (χ0v) is 13.7. The van der Waals surface area contributed by atoms with Crippen molar-refractivity contribution in [2.75, 3.05) is 18.4 Å². The Hall–Kier alpha value is -2.73. The van der Waals surface area contributed by atoms with Crippen molar-refractivity contribution in [1.29, 1.82) is 0 Å². The number of carbonyl (C=O) groups excluding carboxylic acids is 1. The summed E-state index contributed by atoms with van der Waals surface area (Å²) in [4.78, 5) is 19.7. The number of fused-ring (bicyclic) bond motifs is 1. The van der Waals surface area contributed by atoms with Crippen LogP contribution in [0.25, 0.3) is 22.4 Å². The van der Waals surface area contributed by atoms with Gasteiger partial charge in [-0.2, -0.15) is 0 Å². The Kier molecular flexibility index (Phi) is 4.19. The van der Waals surface area contributed by atoms with Crippen molar-refractivity contribution in [3.05, 3.63) is 48.3 Å². The first-order valence-corrected chi connectivity index (χ1v) is 8.44. The highest BCUT2D eigenvalue weighted by molar-refractivity contribution is 5.94. The minimum atomic E-state index is -0.278. The van der Waals surface area contributed by atoms with Gasteiger partial charge in [0.2, 0.25) is 5.91 Å². The van der Waals surface area contributed by atoms with Crippen LogP contribution in [0.4, 0.5) is 10.1 Å². The predicted octanol–water partition coefficient (Wildman–Crippen LogP) is 3.31. The number of benzene rings is 2. The molecule has 1 aromatic heterocycles. The molecule has 2 aromatic carbocycles. The Morgan fingerprint density at radius 2 is 2.00 bits per heavy atom. The average Bonchev–Trinajstić information content (AvgIpc) is 3.32. The first-order valence-electron chi connectivity index (χ1n) is 8.44. The van der Waals surface area contributed by atoms with Gasteiger partial charge in [0.05, 0.1) is 17.6 Å². The maximum atomic E-state index is 13.0. The Bertz CT molecular complexity index is 899. The molecule has 0 spiro atoms. The number of anilines is 1. The fraction of sp³-hybridized carbons (Fsp3) is 0.263. The van der Waals surface area contributed by atoms with Gasteiger partial charge >= 0.3 is 0 Å². The van der Waals surface area contributed by atoms with Crippen molar-refractivity contribution in [3.63, 3.8) is 0 Å². The Labute approximate surface area is 144 Å². The van der Waals surface area contributed by atoms with Crippen LogP contribution < -0.4 is 10.6 Å². The molecule has 1 fully saturated rings. The minimum Gasteiger partial charge on any atom is -0.338 e. The van der Waals surface area contributed by atoms with E-state index in [4.69, 9.17) is 0 Å². The van der Waals surface area contributed by atoms with E-state index in [1.54, 1.807) is 12.1 Å². The zero-order valence-electron chi connectivity index (χ0n) is 13.7. The van der Waals surface area contributed by atoms with Crippen molar-refractivity contribution in [2.24, 2.45) is 5.92 Å². The summed E-state index contributed by atoms with van der Waals surface area (Å²) < 4.78 is 13.0. The number of H-pyrrole nitrogens is 1. The van der Waals surface area contributed by atoms with E-state index in [1.807, 2.05) is 18.2 Å². The summed E-state index contributed by atoms with van der Waals surface area (Å²) in [5.74, 6) is 1.09. The molecule has 25 heavy (non-hydrogen) atoms. The van der Waals surface area contributed by atoms with Gasteiger partial charge < -0.3 is 15.6 Å². The number of nitrogens with zero attached hydrogens (tertiary/aromatic N) is 1. The van der Waals surface area contributed by atoms with Crippen molar-refractivity contribution in [2.45, 2.75) is 12.8 Å². The molecule has 6 heteroatoms. The first-order chi connectivity index (χ1) is 12.2. The van der Waals surface area contributed by atoms with Crippen LogP contribution in [0.2, 0.25) is 0 Å². The maximum Gasteiger partial charge on any atom is 0.238 e. The second kappa shape index (κ2) is 6.64. The second-order valence-corrected chi connectivity index (χ2v) is 6.45. The monoisotopic (exact) mass is 338 g/mol. The van der Waals surface area contributed by atoms with Crippen LogP contribution in [-0.2, 0) is 4.79 Å². The molecule has 1 amide bonds. The molecule has 3 N–H and O–H groups in total. The van der Waals surface area contributed by atoms with E-state index in [0.717, 1.165) is 34.7 Å². The van der Waals surface area contributed by atoms with E-state index in [0.29, 0.717) is 12.4 Å². The minimum absolute atomic E-state index is 0.0572. The van der Waals surface area contributed by atoms with Crippen molar-refractivity contribution < 1.29 is 9.18 Å². The van der Waals surface area contributed by atoms with Gasteiger partial charge in [0.15, 0.2) is 0 Å². The summed E-state index contributed by atoms with van der Waals surface area (Å²) in [7, 11) is 0. The molecular formula is C19H19FN4O. The summed E-state index contributed by atoms with van der Waals surface area (Å²) in [6.45, 7) is 1.23. The summed E-state index contributed by atoms with van der Waals surface area (Å²) >= 11 is 0. The summed E-state index contributed by atoms with van der Waals surface area (Å²) in [5, 5.41) is 6.06. The van der Waals surface area contributed by atoms with Crippen molar-refractivity contribution >= 4 is 22.6 Å². The number of hydrogen-bond donors (Lipinski definition) is 3.